The molecule has 10 heteroatoms. The minimum Gasteiger partial charge on any atom is -0.463 e. The third-order valence-corrected chi connectivity index (χ3v) is 4.49. The van der Waals surface area contributed by atoms with Crippen molar-refractivity contribution < 1.29 is 42.7 Å². The summed E-state index contributed by atoms with van der Waals surface area (Å²) >= 11 is 0. The predicted molar refractivity (Wildman–Crippen MR) is 99.9 cm³/mol. The standard InChI is InChI=1S/C9H18O3.C8H17O6P/c1-5-9(2,3)8(10)12-7-6-11-4;1-4-8(2,3)7(9)13-5-6-14-15(10,11)12/h5-7H2,1-4H3;4-6H2,1-3H3,(H2,10,11,12). The Labute approximate surface area is 161 Å². The molecule has 0 aromatic rings. The number of rotatable bonds is 11. The Balaban J connectivity index is 0. The maximum Gasteiger partial charge on any atom is 0.469 e. The minimum atomic E-state index is -4.46. The topological polar surface area (TPSA) is 129 Å². The second kappa shape index (κ2) is 13.2. The van der Waals surface area contributed by atoms with E-state index >= 15 is 0 Å². The summed E-state index contributed by atoms with van der Waals surface area (Å²) in [7, 11) is -2.88. The quantitative estimate of drug-likeness (QED) is 0.298. The highest BCUT2D eigenvalue weighted by Gasteiger charge is 2.27. The first-order chi connectivity index (χ1) is 12.2. The molecule has 0 saturated carbocycles. The van der Waals surface area contributed by atoms with Gasteiger partial charge in [0.15, 0.2) is 0 Å². The first-order valence-electron chi connectivity index (χ1n) is 8.77. The maximum absolute atomic E-state index is 11.3. The van der Waals surface area contributed by atoms with Crippen LogP contribution in [0.4, 0.5) is 0 Å². The van der Waals surface area contributed by atoms with E-state index in [2.05, 4.69) is 4.52 Å². The fraction of sp³-hybridized carbons (Fsp3) is 0.882. The van der Waals surface area contributed by atoms with Crippen LogP contribution in [0.5, 0.6) is 0 Å². The molecule has 0 aromatic heterocycles. The molecule has 0 atom stereocenters. The molecule has 0 bridgehead atoms. The first-order valence-corrected chi connectivity index (χ1v) is 10.3. The fourth-order valence-electron chi connectivity index (χ4n) is 1.19. The van der Waals surface area contributed by atoms with E-state index < -0.39 is 19.2 Å². The summed E-state index contributed by atoms with van der Waals surface area (Å²) in [4.78, 5) is 39.3. The summed E-state index contributed by atoms with van der Waals surface area (Å²) < 4.78 is 28.9. The smallest absolute Gasteiger partial charge is 0.463 e. The number of phosphoric acid groups is 1. The molecule has 0 aliphatic rings. The van der Waals surface area contributed by atoms with E-state index in [0.717, 1.165) is 6.42 Å². The summed E-state index contributed by atoms with van der Waals surface area (Å²) in [5.41, 5.74) is -0.949. The summed E-state index contributed by atoms with van der Waals surface area (Å²) in [6.45, 7) is 11.4. The van der Waals surface area contributed by atoms with E-state index in [-0.39, 0.29) is 24.6 Å². The number of carbonyl (C=O) groups excluding carboxylic acids is 2. The van der Waals surface area contributed by atoms with Crippen molar-refractivity contribution in [3.05, 3.63) is 0 Å². The highest BCUT2D eigenvalue weighted by Crippen LogP contribution is 2.35. The van der Waals surface area contributed by atoms with Crippen molar-refractivity contribution in [1.82, 2.24) is 0 Å². The Bertz CT molecular complexity index is 483. The van der Waals surface area contributed by atoms with Crippen LogP contribution < -0.4 is 0 Å². The summed E-state index contributed by atoms with van der Waals surface area (Å²) in [5.74, 6) is -0.554. The number of methoxy groups -OCH3 is 1. The average Bonchev–Trinajstić information content (AvgIpc) is 2.58. The molecule has 0 heterocycles. The number of esters is 2. The van der Waals surface area contributed by atoms with Crippen molar-refractivity contribution in [3.8, 4) is 0 Å². The van der Waals surface area contributed by atoms with Crippen molar-refractivity contribution in [3.63, 3.8) is 0 Å². The van der Waals surface area contributed by atoms with Gasteiger partial charge in [-0.1, -0.05) is 13.8 Å². The van der Waals surface area contributed by atoms with Crippen molar-refractivity contribution in [1.29, 1.82) is 0 Å². The number of hydrogen-bond donors (Lipinski definition) is 2. The van der Waals surface area contributed by atoms with Crippen LogP contribution in [0.25, 0.3) is 0 Å². The Morgan fingerprint density at radius 3 is 1.48 bits per heavy atom. The van der Waals surface area contributed by atoms with E-state index in [4.69, 9.17) is 24.0 Å². The Morgan fingerprint density at radius 2 is 1.19 bits per heavy atom. The van der Waals surface area contributed by atoms with E-state index in [1.807, 2.05) is 27.7 Å². The van der Waals surface area contributed by atoms with E-state index in [1.165, 1.54) is 0 Å². The van der Waals surface area contributed by atoms with E-state index in [9.17, 15) is 14.2 Å². The monoisotopic (exact) mass is 414 g/mol. The van der Waals surface area contributed by atoms with Gasteiger partial charge in [-0.2, -0.15) is 0 Å². The predicted octanol–water partition coefficient (Wildman–Crippen LogP) is 2.69. The van der Waals surface area contributed by atoms with Gasteiger partial charge in [-0.05, 0) is 40.5 Å². The maximum atomic E-state index is 11.3. The van der Waals surface area contributed by atoms with Crippen LogP contribution in [-0.2, 0) is 32.9 Å². The largest absolute Gasteiger partial charge is 0.469 e. The van der Waals surface area contributed by atoms with Crippen LogP contribution in [0.2, 0.25) is 0 Å². The SMILES string of the molecule is CCC(C)(C)C(=O)OCCOC.CCC(C)(C)C(=O)OCCOP(=O)(O)O. The Hall–Kier alpha value is -0.990. The molecule has 162 valence electrons. The molecule has 0 rings (SSSR count). The third-order valence-electron chi connectivity index (χ3n) is 3.97. The normalized spacial score (nSPS) is 12.0. The Morgan fingerprint density at radius 1 is 0.815 bits per heavy atom. The van der Waals surface area contributed by atoms with Gasteiger partial charge in [0, 0.05) is 7.11 Å². The van der Waals surface area contributed by atoms with Gasteiger partial charge in [-0.25, -0.2) is 4.57 Å². The van der Waals surface area contributed by atoms with Crippen LogP contribution in [0.15, 0.2) is 0 Å². The molecule has 0 aliphatic carbocycles. The summed E-state index contributed by atoms with van der Waals surface area (Å²) in [5, 5.41) is 0. The molecule has 27 heavy (non-hydrogen) atoms. The molecule has 2 N–H and O–H groups in total. The van der Waals surface area contributed by atoms with Gasteiger partial charge in [0.1, 0.15) is 13.2 Å². The fourth-order valence-corrected chi connectivity index (χ4v) is 1.50. The molecule has 0 radical (unpaired) electrons. The number of ether oxygens (including phenoxy) is 3. The number of phosphoric ester groups is 1. The van der Waals surface area contributed by atoms with Gasteiger partial charge in [0.05, 0.1) is 24.0 Å². The average molecular weight is 414 g/mol. The van der Waals surface area contributed by atoms with Gasteiger partial charge in [0.25, 0.3) is 0 Å². The van der Waals surface area contributed by atoms with Gasteiger partial charge in [0.2, 0.25) is 0 Å². The van der Waals surface area contributed by atoms with Crippen LogP contribution >= 0.6 is 7.82 Å². The molecular formula is C17H35O9P. The molecule has 0 aromatic carbocycles. The lowest BCUT2D eigenvalue weighted by Crippen LogP contribution is -2.26. The molecule has 0 aliphatic heterocycles. The molecule has 0 fully saturated rings. The molecule has 0 saturated heterocycles. The van der Waals surface area contributed by atoms with Crippen LogP contribution in [0.1, 0.15) is 54.4 Å². The first kappa shape index (κ1) is 28.2. The minimum absolute atomic E-state index is 0.151. The van der Waals surface area contributed by atoms with Crippen molar-refractivity contribution >= 4 is 19.8 Å². The Kier molecular flexibility index (Phi) is 13.8. The third kappa shape index (κ3) is 14.7. The molecule has 0 unspecified atom stereocenters. The van der Waals surface area contributed by atoms with Gasteiger partial charge in [-0.15, -0.1) is 0 Å². The van der Waals surface area contributed by atoms with E-state index in [1.54, 1.807) is 21.0 Å². The second-order valence-electron chi connectivity index (χ2n) is 7.06. The number of carbonyl (C=O) groups is 2. The molecule has 0 spiro atoms. The van der Waals surface area contributed by atoms with Crippen LogP contribution in [0, 0.1) is 10.8 Å². The van der Waals surface area contributed by atoms with Gasteiger partial charge >= 0.3 is 19.8 Å². The van der Waals surface area contributed by atoms with Crippen molar-refractivity contribution in [2.45, 2.75) is 54.4 Å². The zero-order chi connectivity index (χ0) is 21.7. The van der Waals surface area contributed by atoms with Crippen LogP contribution in [0.3, 0.4) is 0 Å². The lowest BCUT2D eigenvalue weighted by atomic mass is 9.91. The zero-order valence-corrected chi connectivity index (χ0v) is 18.3. The highest BCUT2D eigenvalue weighted by molar-refractivity contribution is 7.46. The molecular weight excluding hydrogens is 379 g/mol. The lowest BCUT2D eigenvalue weighted by Gasteiger charge is -2.20. The second-order valence-corrected chi connectivity index (χ2v) is 8.30. The van der Waals surface area contributed by atoms with E-state index in [0.29, 0.717) is 19.6 Å². The number of hydrogen-bond acceptors (Lipinski definition) is 7. The molecule has 0 amide bonds. The summed E-state index contributed by atoms with van der Waals surface area (Å²) in [6.07, 6.45) is 1.42. The van der Waals surface area contributed by atoms with Crippen molar-refractivity contribution in [2.75, 3.05) is 33.5 Å². The zero-order valence-electron chi connectivity index (χ0n) is 17.4. The van der Waals surface area contributed by atoms with Crippen LogP contribution in [-0.4, -0.2) is 55.3 Å². The van der Waals surface area contributed by atoms with Gasteiger partial charge in [-0.3, -0.25) is 14.1 Å². The lowest BCUT2D eigenvalue weighted by molar-refractivity contribution is -0.155. The van der Waals surface area contributed by atoms with Gasteiger partial charge < -0.3 is 24.0 Å². The molecule has 9 nitrogen and oxygen atoms in total. The highest BCUT2D eigenvalue weighted by atomic mass is 31.2. The summed E-state index contributed by atoms with van der Waals surface area (Å²) in [6, 6.07) is 0. The van der Waals surface area contributed by atoms with Crippen molar-refractivity contribution in [2.24, 2.45) is 10.8 Å².